The lowest BCUT2D eigenvalue weighted by molar-refractivity contribution is 0.623. The fraction of sp³-hybridized carbons (Fsp3) is 0. The van der Waals surface area contributed by atoms with Gasteiger partial charge in [-0.15, -0.1) is 11.3 Å². The zero-order chi connectivity index (χ0) is 47.9. The summed E-state index contributed by atoms with van der Waals surface area (Å²) in [5.74, 6) is 0.528. The smallest absolute Gasteiger partial charge is 0.269 e. The number of nitrogens with zero attached hydrogens (tertiary/aromatic N) is 2. The number of hydrogen-bond acceptors (Lipinski definition) is 4. The number of anilines is 6. The van der Waals surface area contributed by atoms with Gasteiger partial charge in [0.1, 0.15) is 5.58 Å². The van der Waals surface area contributed by atoms with E-state index in [4.69, 9.17) is 14.0 Å². The number of hydrogen-bond donors (Lipinski definition) is 0. The molecule has 0 saturated heterocycles. The van der Waals surface area contributed by atoms with E-state index in [2.05, 4.69) is 52.3 Å². The third-order valence-corrected chi connectivity index (χ3v) is 13.2. The molecule has 61 heavy (non-hydrogen) atoms. The first-order valence-electron chi connectivity index (χ1n) is 24.6. The maximum Gasteiger partial charge on any atom is 0.269 e. The molecule has 0 aliphatic carbocycles. The average molecular weight is 804 g/mol. The van der Waals surface area contributed by atoms with Gasteiger partial charge < -0.3 is 9.32 Å². The first-order chi connectivity index (χ1) is 34.0. The van der Waals surface area contributed by atoms with Crippen LogP contribution < -0.4 is 25.5 Å². The van der Waals surface area contributed by atoms with Crippen LogP contribution in [0.5, 0.6) is 0 Å². The summed E-state index contributed by atoms with van der Waals surface area (Å²) >= 11 is 1.71. The summed E-state index contributed by atoms with van der Waals surface area (Å²) < 4.78 is 89.6. The van der Waals surface area contributed by atoms with E-state index < -0.39 is 24.8 Å². The highest BCUT2D eigenvalue weighted by Gasteiger charge is 2.48. The molecule has 2 aliphatic rings. The zero-order valence-electron chi connectivity index (χ0n) is 41.3. The lowest BCUT2D eigenvalue weighted by atomic mass is 9.36. The van der Waals surface area contributed by atoms with E-state index in [9.17, 15) is 2.74 Å². The SMILES string of the molecule is [2H]c1c([2H])c([2H])c(-c2ccc3oc4c(c3c2)B2c3sc5cc6ccccc6cc5c3N(c3ccccc3)c3cc(-c5c([2H])c([2H])c([2H])c([2H])c5-c5ccccc5)cc(c32)N4c2ccccc2)c([2H])c1[2H]. The number of rotatable bonds is 5. The van der Waals surface area contributed by atoms with Crippen LogP contribution in [-0.2, 0) is 0 Å². The predicted molar refractivity (Wildman–Crippen MR) is 259 cm³/mol. The standard InChI is InChI=1S/C56H35BN2OS/c1-5-17-36(18-6-1)40-29-30-50-46(31-40)52-56(60-50)59(43-25-11-4-12-26-43)49-34-41(45-28-16-15-27-44(45)37-19-7-2-8-20-37)33-48-53(49)57(52)55-54(58(48)42-23-9-3-10-24-42)47-32-38-21-13-14-22-39(38)35-51(47)61-55/h1-35H/i1D,5D,6D,15D,16D,17D,18D,27D,28D. The molecule has 0 atom stereocenters. The lowest BCUT2D eigenvalue weighted by Crippen LogP contribution is -2.60. The molecule has 3 nitrogen and oxygen atoms in total. The Morgan fingerprint density at radius 2 is 1.08 bits per heavy atom. The monoisotopic (exact) mass is 803 g/mol. The minimum absolute atomic E-state index is 0.0964. The van der Waals surface area contributed by atoms with E-state index in [0.29, 0.717) is 39.3 Å². The molecule has 0 spiro atoms. The highest BCUT2D eigenvalue weighted by atomic mass is 32.1. The number of furan rings is 1. The van der Waals surface area contributed by atoms with Crippen molar-refractivity contribution in [1.82, 2.24) is 0 Å². The van der Waals surface area contributed by atoms with Gasteiger partial charge in [0.05, 0.1) is 18.0 Å². The van der Waals surface area contributed by atoms with Gasteiger partial charge in [-0.1, -0.05) is 151 Å². The Hall–Kier alpha value is -7.60. The van der Waals surface area contributed by atoms with Gasteiger partial charge in [0.15, 0.2) is 0 Å². The molecule has 0 fully saturated rings. The van der Waals surface area contributed by atoms with Crippen LogP contribution in [0.1, 0.15) is 12.3 Å². The predicted octanol–water partition coefficient (Wildman–Crippen LogP) is 13.9. The summed E-state index contributed by atoms with van der Waals surface area (Å²) in [4.78, 5) is 4.38. The molecule has 0 unspecified atom stereocenters. The third-order valence-electron chi connectivity index (χ3n) is 12.0. The van der Waals surface area contributed by atoms with Crippen LogP contribution in [0, 0.1) is 0 Å². The van der Waals surface area contributed by atoms with E-state index in [1.165, 1.54) is 0 Å². The summed E-state index contributed by atoms with van der Waals surface area (Å²) in [5, 5.41) is 3.93. The quantitative estimate of drug-likeness (QED) is 0.162. The third kappa shape index (κ3) is 5.24. The molecule has 0 amide bonds. The van der Waals surface area contributed by atoms with Crippen LogP contribution in [0.3, 0.4) is 0 Å². The van der Waals surface area contributed by atoms with E-state index in [-0.39, 0.29) is 41.8 Å². The van der Waals surface area contributed by atoms with Gasteiger partial charge in [0, 0.05) is 48.5 Å². The molecule has 5 heteroatoms. The van der Waals surface area contributed by atoms with E-state index in [1.54, 1.807) is 17.4 Å². The molecule has 4 heterocycles. The molecular formula is C56H35BN2OS. The minimum atomic E-state index is -0.473. The van der Waals surface area contributed by atoms with Gasteiger partial charge in [-0.2, -0.15) is 0 Å². The number of benzene rings is 9. The average Bonchev–Trinajstić information content (AvgIpc) is 3.95. The van der Waals surface area contributed by atoms with Gasteiger partial charge in [-0.25, -0.2) is 0 Å². The summed E-state index contributed by atoms with van der Waals surface area (Å²) in [6.45, 7) is -0.473. The summed E-state index contributed by atoms with van der Waals surface area (Å²) in [5.41, 5.74) is 9.04. The van der Waals surface area contributed by atoms with Crippen molar-refractivity contribution < 1.29 is 16.8 Å². The zero-order valence-corrected chi connectivity index (χ0v) is 33.1. The van der Waals surface area contributed by atoms with Crippen molar-refractivity contribution in [2.75, 3.05) is 9.80 Å². The Morgan fingerprint density at radius 3 is 1.80 bits per heavy atom. The minimum Gasteiger partial charge on any atom is -0.440 e. The first-order valence-corrected chi connectivity index (χ1v) is 20.9. The van der Waals surface area contributed by atoms with Gasteiger partial charge in [-0.3, -0.25) is 4.90 Å². The van der Waals surface area contributed by atoms with Crippen molar-refractivity contribution in [3.05, 3.63) is 212 Å². The number of fused-ring (bicyclic) bond motifs is 9. The van der Waals surface area contributed by atoms with E-state index in [1.807, 2.05) is 109 Å². The topological polar surface area (TPSA) is 19.6 Å². The highest BCUT2D eigenvalue weighted by molar-refractivity contribution is 7.34. The van der Waals surface area contributed by atoms with E-state index >= 15 is 0 Å². The molecule has 11 aromatic rings. The van der Waals surface area contributed by atoms with Crippen molar-refractivity contribution in [3.63, 3.8) is 0 Å². The summed E-state index contributed by atoms with van der Waals surface area (Å²) in [6, 6.07) is 49.0. The second-order valence-electron chi connectivity index (χ2n) is 15.4. The second kappa shape index (κ2) is 13.5. The molecule has 0 N–H and O–H groups in total. The fourth-order valence-electron chi connectivity index (χ4n) is 9.41. The Balaban J connectivity index is 1.21. The van der Waals surface area contributed by atoms with Gasteiger partial charge in [-0.05, 0) is 110 Å². The van der Waals surface area contributed by atoms with Crippen LogP contribution in [0.25, 0.3) is 65.2 Å². The van der Waals surface area contributed by atoms with Crippen molar-refractivity contribution in [2.45, 2.75) is 0 Å². The highest BCUT2D eigenvalue weighted by Crippen LogP contribution is 2.51. The largest absolute Gasteiger partial charge is 0.440 e. The van der Waals surface area contributed by atoms with Gasteiger partial charge in [0.2, 0.25) is 5.88 Å². The van der Waals surface area contributed by atoms with Crippen LogP contribution >= 0.6 is 11.3 Å². The molecular weight excluding hydrogens is 760 g/mol. The molecule has 0 radical (unpaired) electrons. The van der Waals surface area contributed by atoms with Gasteiger partial charge in [0.25, 0.3) is 6.71 Å². The van der Waals surface area contributed by atoms with Crippen molar-refractivity contribution in [3.8, 4) is 33.4 Å². The molecule has 0 saturated carbocycles. The molecule has 13 rings (SSSR count). The molecule has 2 aliphatic heterocycles. The molecule has 2 aromatic heterocycles. The fourth-order valence-corrected chi connectivity index (χ4v) is 10.8. The Labute approximate surface area is 370 Å². The van der Waals surface area contributed by atoms with Crippen LogP contribution in [-0.4, -0.2) is 6.71 Å². The second-order valence-corrected chi connectivity index (χ2v) is 16.4. The van der Waals surface area contributed by atoms with Crippen molar-refractivity contribution in [2.24, 2.45) is 0 Å². The number of thiophene rings is 1. The first kappa shape index (κ1) is 26.5. The molecule has 9 aromatic carbocycles. The molecule has 284 valence electrons. The molecule has 0 bridgehead atoms. The normalized spacial score (nSPS) is 14.9. The maximum absolute atomic E-state index is 9.64. The summed E-state index contributed by atoms with van der Waals surface area (Å²) in [7, 11) is 0. The van der Waals surface area contributed by atoms with Crippen LogP contribution in [0.15, 0.2) is 217 Å². The van der Waals surface area contributed by atoms with Crippen molar-refractivity contribution >= 4 is 99.9 Å². The Kier molecular flexibility index (Phi) is 5.85. The van der Waals surface area contributed by atoms with Crippen molar-refractivity contribution in [1.29, 1.82) is 0 Å². The Morgan fingerprint density at radius 1 is 0.475 bits per heavy atom. The van der Waals surface area contributed by atoms with Gasteiger partial charge >= 0.3 is 0 Å². The number of para-hydroxylation sites is 2. The lowest BCUT2D eigenvalue weighted by Gasteiger charge is -2.41. The maximum atomic E-state index is 9.64. The van der Waals surface area contributed by atoms with E-state index in [0.717, 1.165) is 70.4 Å². The van der Waals surface area contributed by atoms with Crippen LogP contribution in [0.4, 0.5) is 34.3 Å². The summed E-state index contributed by atoms with van der Waals surface area (Å²) in [6.07, 6.45) is 0. The Bertz CT molecular complexity index is 4000. The van der Waals surface area contributed by atoms with Crippen LogP contribution in [0.2, 0.25) is 0 Å².